The highest BCUT2D eigenvalue weighted by molar-refractivity contribution is 6.18. The van der Waals surface area contributed by atoms with Crippen molar-refractivity contribution in [3.63, 3.8) is 0 Å². The highest BCUT2D eigenvalue weighted by Gasteiger charge is 2.21. The quantitative estimate of drug-likeness (QED) is 0.158. The van der Waals surface area contributed by atoms with Gasteiger partial charge in [-0.1, -0.05) is 164 Å². The minimum atomic E-state index is 1.09. The molecule has 1 aromatic heterocycles. The summed E-state index contributed by atoms with van der Waals surface area (Å²) in [6.07, 6.45) is 0. The Morgan fingerprint density at radius 1 is 0.293 bits per heavy atom. The molecule has 0 bridgehead atoms. The van der Waals surface area contributed by atoms with Crippen molar-refractivity contribution in [3.05, 3.63) is 231 Å². The van der Waals surface area contributed by atoms with Crippen LogP contribution >= 0.6 is 0 Å². The lowest BCUT2D eigenvalue weighted by Crippen LogP contribution is -2.10. The average molecular weight is 739 g/mol. The first-order valence-corrected chi connectivity index (χ1v) is 19.9. The first-order chi connectivity index (χ1) is 28.8. The van der Waals surface area contributed by atoms with Crippen LogP contribution in [-0.2, 0) is 0 Å². The zero-order valence-corrected chi connectivity index (χ0v) is 31.8. The first kappa shape index (κ1) is 33.6. The summed E-state index contributed by atoms with van der Waals surface area (Å²) in [5.41, 5.74) is 14.0. The van der Waals surface area contributed by atoms with Crippen LogP contribution in [-0.4, -0.2) is 4.57 Å². The van der Waals surface area contributed by atoms with E-state index in [1.165, 1.54) is 76.7 Å². The van der Waals surface area contributed by atoms with Crippen molar-refractivity contribution >= 4 is 60.4 Å². The van der Waals surface area contributed by atoms with Crippen molar-refractivity contribution < 1.29 is 0 Å². The summed E-state index contributed by atoms with van der Waals surface area (Å²) in [5, 5.41) is 7.41. The van der Waals surface area contributed by atoms with Crippen LogP contribution in [0, 0.1) is 0 Å². The number of nitrogens with zero attached hydrogens (tertiary/aromatic N) is 2. The van der Waals surface area contributed by atoms with E-state index in [1.54, 1.807) is 0 Å². The van der Waals surface area contributed by atoms with Crippen LogP contribution in [0.25, 0.3) is 82.4 Å². The highest BCUT2D eigenvalue weighted by atomic mass is 15.1. The van der Waals surface area contributed by atoms with Gasteiger partial charge in [-0.15, -0.1) is 0 Å². The standard InChI is InChI=1S/C56H38N2/c1-3-14-39(15-4-1)41-30-32-47(33-31-41)57(48-23-11-20-44(37-48)45-29-28-40-16-7-8-18-43(40)36-45)49-34-35-54-53(38-49)56-52(51-25-12-19-42-17-9-10-24-50(42)51)26-13-27-55(56)58(54)46-21-5-2-6-22-46/h1-38H. The van der Waals surface area contributed by atoms with E-state index in [9.17, 15) is 0 Å². The Morgan fingerprint density at radius 2 is 0.879 bits per heavy atom. The summed E-state index contributed by atoms with van der Waals surface area (Å²) in [7, 11) is 0. The normalized spacial score (nSPS) is 11.4. The third-order valence-electron chi connectivity index (χ3n) is 11.5. The SMILES string of the molecule is c1ccc(-c2ccc(N(c3cccc(-c4ccc5ccccc5c4)c3)c3ccc4c(c3)c3c(-c5cccc6ccccc56)cccc3n4-c3ccccc3)cc2)cc1. The predicted molar refractivity (Wildman–Crippen MR) is 247 cm³/mol. The maximum atomic E-state index is 2.42. The third kappa shape index (κ3) is 5.82. The topological polar surface area (TPSA) is 8.17 Å². The summed E-state index contributed by atoms with van der Waals surface area (Å²) in [4.78, 5) is 2.41. The lowest BCUT2D eigenvalue weighted by Gasteiger charge is -2.26. The molecule has 2 heteroatoms. The van der Waals surface area contributed by atoms with E-state index in [1.807, 2.05) is 0 Å². The average Bonchev–Trinajstić information content (AvgIpc) is 3.64. The molecule has 2 nitrogen and oxygen atoms in total. The number of anilines is 3. The first-order valence-electron chi connectivity index (χ1n) is 19.9. The number of fused-ring (bicyclic) bond motifs is 5. The van der Waals surface area contributed by atoms with E-state index >= 15 is 0 Å². The Kier molecular flexibility index (Phi) is 8.19. The Bertz CT molecular complexity index is 3260. The molecule has 0 spiro atoms. The molecule has 0 aliphatic rings. The van der Waals surface area contributed by atoms with Gasteiger partial charge in [0.25, 0.3) is 0 Å². The van der Waals surface area contributed by atoms with Gasteiger partial charge in [0.2, 0.25) is 0 Å². The molecular formula is C56H38N2. The number of aromatic nitrogens is 1. The van der Waals surface area contributed by atoms with Gasteiger partial charge in [0, 0.05) is 33.5 Å². The largest absolute Gasteiger partial charge is 0.310 e. The molecule has 0 aliphatic heterocycles. The van der Waals surface area contributed by atoms with Crippen LogP contribution in [0.2, 0.25) is 0 Å². The van der Waals surface area contributed by atoms with Crippen LogP contribution in [0.5, 0.6) is 0 Å². The molecule has 0 N–H and O–H groups in total. The molecule has 11 aromatic rings. The van der Waals surface area contributed by atoms with Gasteiger partial charge in [0.05, 0.1) is 11.0 Å². The Balaban J connectivity index is 1.15. The summed E-state index contributed by atoms with van der Waals surface area (Å²) < 4.78 is 2.42. The molecule has 1 heterocycles. The lowest BCUT2D eigenvalue weighted by atomic mass is 9.94. The zero-order chi connectivity index (χ0) is 38.4. The van der Waals surface area contributed by atoms with Gasteiger partial charge in [-0.05, 0) is 122 Å². The molecule has 0 saturated heterocycles. The zero-order valence-electron chi connectivity index (χ0n) is 31.8. The summed E-state index contributed by atoms with van der Waals surface area (Å²) in [5.74, 6) is 0. The predicted octanol–water partition coefficient (Wildman–Crippen LogP) is 15.6. The number of hydrogen-bond acceptors (Lipinski definition) is 1. The third-order valence-corrected chi connectivity index (χ3v) is 11.5. The molecule has 0 saturated carbocycles. The molecule has 11 rings (SSSR count). The molecule has 58 heavy (non-hydrogen) atoms. The van der Waals surface area contributed by atoms with Gasteiger partial charge < -0.3 is 9.47 Å². The smallest absolute Gasteiger partial charge is 0.0547 e. The van der Waals surface area contributed by atoms with E-state index < -0.39 is 0 Å². The van der Waals surface area contributed by atoms with Crippen LogP contribution in [0.1, 0.15) is 0 Å². The van der Waals surface area contributed by atoms with Gasteiger partial charge in [0.1, 0.15) is 0 Å². The van der Waals surface area contributed by atoms with E-state index in [4.69, 9.17) is 0 Å². The second-order valence-electron chi connectivity index (χ2n) is 15.0. The maximum absolute atomic E-state index is 2.42. The fourth-order valence-electron chi connectivity index (χ4n) is 8.81. The minimum absolute atomic E-state index is 1.09. The molecule has 272 valence electrons. The molecule has 0 fully saturated rings. The molecule has 0 unspecified atom stereocenters. The molecule has 0 radical (unpaired) electrons. The molecule has 10 aromatic carbocycles. The van der Waals surface area contributed by atoms with Crippen LogP contribution < -0.4 is 4.90 Å². The van der Waals surface area contributed by atoms with Crippen molar-refractivity contribution in [3.8, 4) is 39.1 Å². The van der Waals surface area contributed by atoms with Gasteiger partial charge in [-0.2, -0.15) is 0 Å². The highest BCUT2D eigenvalue weighted by Crippen LogP contribution is 2.44. The van der Waals surface area contributed by atoms with Crippen molar-refractivity contribution in [2.24, 2.45) is 0 Å². The fourth-order valence-corrected chi connectivity index (χ4v) is 8.81. The summed E-state index contributed by atoms with van der Waals surface area (Å²) in [6.45, 7) is 0. The fraction of sp³-hybridized carbons (Fsp3) is 0. The monoisotopic (exact) mass is 738 g/mol. The molecule has 0 aliphatic carbocycles. The lowest BCUT2D eigenvalue weighted by molar-refractivity contribution is 1.18. The second kappa shape index (κ2) is 14.1. The van der Waals surface area contributed by atoms with Crippen LogP contribution in [0.15, 0.2) is 231 Å². The van der Waals surface area contributed by atoms with E-state index in [0.29, 0.717) is 0 Å². The van der Waals surface area contributed by atoms with Gasteiger partial charge in [0.15, 0.2) is 0 Å². The number of hydrogen-bond donors (Lipinski definition) is 0. The van der Waals surface area contributed by atoms with E-state index in [2.05, 4.69) is 240 Å². The maximum Gasteiger partial charge on any atom is 0.0547 e. The van der Waals surface area contributed by atoms with Crippen molar-refractivity contribution in [2.75, 3.05) is 4.90 Å². The van der Waals surface area contributed by atoms with Crippen LogP contribution in [0.3, 0.4) is 0 Å². The Hall–Kier alpha value is -7.68. The minimum Gasteiger partial charge on any atom is -0.310 e. The second-order valence-corrected chi connectivity index (χ2v) is 15.0. The Labute approximate surface area is 338 Å². The molecular weight excluding hydrogens is 701 g/mol. The van der Waals surface area contributed by atoms with Gasteiger partial charge in [-0.3, -0.25) is 0 Å². The Morgan fingerprint density at radius 3 is 1.72 bits per heavy atom. The van der Waals surface area contributed by atoms with Crippen molar-refractivity contribution in [1.82, 2.24) is 4.57 Å². The van der Waals surface area contributed by atoms with Crippen molar-refractivity contribution in [2.45, 2.75) is 0 Å². The molecule has 0 atom stereocenters. The van der Waals surface area contributed by atoms with Crippen molar-refractivity contribution in [1.29, 1.82) is 0 Å². The van der Waals surface area contributed by atoms with Gasteiger partial charge >= 0.3 is 0 Å². The number of rotatable bonds is 7. The molecule has 0 amide bonds. The van der Waals surface area contributed by atoms with E-state index in [-0.39, 0.29) is 0 Å². The number of para-hydroxylation sites is 1. The summed E-state index contributed by atoms with van der Waals surface area (Å²) >= 11 is 0. The summed E-state index contributed by atoms with van der Waals surface area (Å²) in [6, 6.07) is 83.8. The van der Waals surface area contributed by atoms with Gasteiger partial charge in [-0.25, -0.2) is 0 Å². The number of benzene rings is 10. The van der Waals surface area contributed by atoms with Crippen LogP contribution in [0.4, 0.5) is 17.1 Å². The van der Waals surface area contributed by atoms with E-state index in [0.717, 1.165) is 22.7 Å².